The lowest BCUT2D eigenvalue weighted by Crippen LogP contribution is -2.50. The molecule has 0 bridgehead atoms. The van der Waals surface area contributed by atoms with Crippen LogP contribution < -0.4 is 11.3 Å². The predicted octanol–water partition coefficient (Wildman–Crippen LogP) is 3.38. The fourth-order valence-electron chi connectivity index (χ4n) is 3.54. The quantitative estimate of drug-likeness (QED) is 0.617. The Kier molecular flexibility index (Phi) is 4.41. The summed E-state index contributed by atoms with van der Waals surface area (Å²) in [7, 11) is 0. The van der Waals surface area contributed by atoms with Gasteiger partial charge in [-0.3, -0.25) is 11.3 Å². The third-order valence-electron chi connectivity index (χ3n) is 4.42. The number of nitrogens with two attached hydrogens (primary N) is 1. The predicted molar refractivity (Wildman–Crippen MR) is 77.2 cm³/mol. The Morgan fingerprint density at radius 1 is 1.17 bits per heavy atom. The first-order valence-electron chi connectivity index (χ1n) is 7.21. The first-order valence-corrected chi connectivity index (χ1v) is 7.21. The second-order valence-electron chi connectivity index (χ2n) is 6.08. The Bertz CT molecular complexity index is 353. The highest BCUT2D eigenvalue weighted by molar-refractivity contribution is 5.29. The normalized spacial score (nSPS) is 20.2. The van der Waals surface area contributed by atoms with Gasteiger partial charge in [-0.1, -0.05) is 57.0 Å². The first kappa shape index (κ1) is 13.6. The zero-order valence-electron chi connectivity index (χ0n) is 11.7. The van der Waals surface area contributed by atoms with Crippen molar-refractivity contribution in [1.29, 1.82) is 0 Å². The average molecular weight is 246 g/mol. The van der Waals surface area contributed by atoms with Crippen molar-refractivity contribution in [2.24, 2.45) is 11.8 Å². The van der Waals surface area contributed by atoms with Crippen molar-refractivity contribution in [2.75, 3.05) is 0 Å². The molecule has 0 radical (unpaired) electrons. The molecule has 100 valence electrons. The second-order valence-corrected chi connectivity index (χ2v) is 6.08. The summed E-state index contributed by atoms with van der Waals surface area (Å²) in [5.74, 6) is 6.55. The summed E-state index contributed by atoms with van der Waals surface area (Å²) in [5, 5.41) is 0. The van der Waals surface area contributed by atoms with Gasteiger partial charge in [0.15, 0.2) is 0 Å². The number of hydrazine groups is 1. The maximum atomic E-state index is 5.87. The molecule has 3 N–H and O–H groups in total. The molecule has 1 saturated carbocycles. The molecule has 0 aliphatic heterocycles. The van der Waals surface area contributed by atoms with E-state index in [4.69, 9.17) is 5.84 Å². The first-order chi connectivity index (χ1) is 8.69. The molecule has 0 saturated heterocycles. The molecule has 0 heterocycles. The van der Waals surface area contributed by atoms with Crippen molar-refractivity contribution in [3.8, 4) is 0 Å². The minimum Gasteiger partial charge on any atom is -0.271 e. The number of nitrogens with one attached hydrogen (secondary N) is 1. The third-order valence-corrected chi connectivity index (χ3v) is 4.42. The van der Waals surface area contributed by atoms with E-state index in [1.54, 1.807) is 0 Å². The van der Waals surface area contributed by atoms with Gasteiger partial charge >= 0.3 is 0 Å². The fourth-order valence-corrected chi connectivity index (χ4v) is 3.54. The highest BCUT2D eigenvalue weighted by Gasteiger charge is 2.42. The summed E-state index contributed by atoms with van der Waals surface area (Å²) in [5.41, 5.74) is 4.83. The standard InChI is InChI=1S/C16H26N2/c1-13(2)12-15(18-17)16(10-6-7-11-16)14-8-4-3-5-9-14/h3-5,8-9,13,15,18H,6-7,10-12,17H2,1-2H3. The Hall–Kier alpha value is -0.860. The molecule has 0 spiro atoms. The molecule has 2 rings (SSSR count). The smallest absolute Gasteiger partial charge is 0.0309 e. The zero-order chi connectivity index (χ0) is 13.0. The SMILES string of the molecule is CC(C)CC(NN)C1(c2ccccc2)CCCC1. The van der Waals surface area contributed by atoms with Crippen LogP contribution in [-0.4, -0.2) is 6.04 Å². The van der Waals surface area contributed by atoms with E-state index in [9.17, 15) is 0 Å². The Labute approximate surface area is 111 Å². The van der Waals surface area contributed by atoms with Gasteiger partial charge in [0.1, 0.15) is 0 Å². The van der Waals surface area contributed by atoms with E-state index in [-0.39, 0.29) is 5.41 Å². The average Bonchev–Trinajstić information content (AvgIpc) is 2.87. The van der Waals surface area contributed by atoms with E-state index < -0.39 is 0 Å². The Morgan fingerprint density at radius 3 is 2.28 bits per heavy atom. The minimum atomic E-state index is 0.250. The van der Waals surface area contributed by atoms with Gasteiger partial charge in [-0.2, -0.15) is 0 Å². The number of benzene rings is 1. The van der Waals surface area contributed by atoms with E-state index in [1.165, 1.54) is 31.2 Å². The number of hydrogen-bond donors (Lipinski definition) is 2. The van der Waals surface area contributed by atoms with Crippen LogP contribution >= 0.6 is 0 Å². The van der Waals surface area contributed by atoms with Crippen molar-refractivity contribution in [3.63, 3.8) is 0 Å². The third kappa shape index (κ3) is 2.60. The molecule has 2 heteroatoms. The van der Waals surface area contributed by atoms with Gasteiger partial charge in [0, 0.05) is 11.5 Å². The molecule has 1 aliphatic carbocycles. The molecular weight excluding hydrogens is 220 g/mol. The van der Waals surface area contributed by atoms with Crippen LogP contribution in [0.25, 0.3) is 0 Å². The van der Waals surface area contributed by atoms with Crippen LogP contribution in [0, 0.1) is 5.92 Å². The van der Waals surface area contributed by atoms with Crippen LogP contribution in [0.2, 0.25) is 0 Å². The molecule has 18 heavy (non-hydrogen) atoms. The van der Waals surface area contributed by atoms with Gasteiger partial charge in [-0.15, -0.1) is 0 Å². The molecule has 0 aromatic heterocycles. The van der Waals surface area contributed by atoms with Crippen LogP contribution in [0.15, 0.2) is 30.3 Å². The van der Waals surface area contributed by atoms with Crippen molar-refractivity contribution < 1.29 is 0 Å². The van der Waals surface area contributed by atoms with Gasteiger partial charge in [0.2, 0.25) is 0 Å². The van der Waals surface area contributed by atoms with E-state index in [2.05, 4.69) is 49.6 Å². The maximum Gasteiger partial charge on any atom is 0.0309 e. The van der Waals surface area contributed by atoms with Crippen LogP contribution in [0.5, 0.6) is 0 Å². The largest absolute Gasteiger partial charge is 0.271 e. The number of rotatable bonds is 5. The summed E-state index contributed by atoms with van der Waals surface area (Å²) in [6, 6.07) is 11.3. The highest BCUT2D eigenvalue weighted by Crippen LogP contribution is 2.45. The molecule has 1 unspecified atom stereocenters. The minimum absolute atomic E-state index is 0.250. The lowest BCUT2D eigenvalue weighted by Gasteiger charge is -2.39. The van der Waals surface area contributed by atoms with Crippen LogP contribution in [0.3, 0.4) is 0 Å². The summed E-state index contributed by atoms with van der Waals surface area (Å²) in [6.07, 6.45) is 6.32. The molecule has 1 aromatic rings. The van der Waals surface area contributed by atoms with Gasteiger partial charge in [-0.05, 0) is 30.7 Å². The van der Waals surface area contributed by atoms with Crippen molar-refractivity contribution >= 4 is 0 Å². The van der Waals surface area contributed by atoms with Crippen LogP contribution in [-0.2, 0) is 5.41 Å². The molecule has 1 aliphatic rings. The van der Waals surface area contributed by atoms with Gasteiger partial charge in [0.05, 0.1) is 0 Å². The lowest BCUT2D eigenvalue weighted by atomic mass is 9.70. The lowest BCUT2D eigenvalue weighted by molar-refractivity contribution is 0.260. The summed E-state index contributed by atoms with van der Waals surface area (Å²) >= 11 is 0. The topological polar surface area (TPSA) is 38.0 Å². The monoisotopic (exact) mass is 246 g/mol. The molecule has 1 fully saturated rings. The summed E-state index contributed by atoms with van der Waals surface area (Å²) in [4.78, 5) is 0. The Balaban J connectivity index is 2.31. The fraction of sp³-hybridized carbons (Fsp3) is 0.625. The van der Waals surface area contributed by atoms with Gasteiger partial charge < -0.3 is 0 Å². The second kappa shape index (κ2) is 5.85. The van der Waals surface area contributed by atoms with Gasteiger partial charge in [-0.25, -0.2) is 0 Å². The van der Waals surface area contributed by atoms with E-state index in [0.717, 1.165) is 6.42 Å². The van der Waals surface area contributed by atoms with Crippen molar-refractivity contribution in [1.82, 2.24) is 5.43 Å². The summed E-state index contributed by atoms with van der Waals surface area (Å²) in [6.45, 7) is 4.55. The van der Waals surface area contributed by atoms with Crippen molar-refractivity contribution in [3.05, 3.63) is 35.9 Å². The van der Waals surface area contributed by atoms with Crippen LogP contribution in [0.1, 0.15) is 51.5 Å². The Morgan fingerprint density at radius 2 is 1.78 bits per heavy atom. The highest BCUT2D eigenvalue weighted by atomic mass is 15.2. The number of hydrogen-bond acceptors (Lipinski definition) is 2. The van der Waals surface area contributed by atoms with E-state index in [1.807, 2.05) is 0 Å². The van der Waals surface area contributed by atoms with E-state index in [0.29, 0.717) is 12.0 Å². The molecule has 1 aromatic carbocycles. The molecular formula is C16H26N2. The molecule has 2 nitrogen and oxygen atoms in total. The van der Waals surface area contributed by atoms with E-state index >= 15 is 0 Å². The maximum absolute atomic E-state index is 5.87. The van der Waals surface area contributed by atoms with Crippen molar-refractivity contribution in [2.45, 2.75) is 57.4 Å². The van der Waals surface area contributed by atoms with Gasteiger partial charge in [0.25, 0.3) is 0 Å². The van der Waals surface area contributed by atoms with Crippen LogP contribution in [0.4, 0.5) is 0 Å². The molecule has 0 amide bonds. The zero-order valence-corrected chi connectivity index (χ0v) is 11.7. The summed E-state index contributed by atoms with van der Waals surface area (Å²) < 4.78 is 0. The molecule has 1 atom stereocenters.